The first-order valence-corrected chi connectivity index (χ1v) is 4.95. The number of nitro benzene ring substituents is 1. The van der Waals surface area contributed by atoms with Gasteiger partial charge in [0.25, 0.3) is 5.69 Å². The van der Waals surface area contributed by atoms with Crippen molar-refractivity contribution in [1.82, 2.24) is 5.32 Å². The molecular weight excluding hydrogens is 206 g/mol. The number of nitrogens with one attached hydrogen (secondary N) is 1. The van der Waals surface area contributed by atoms with Crippen molar-refractivity contribution in [2.24, 2.45) is 0 Å². The number of hydrogen-bond acceptors (Lipinski definition) is 4. The van der Waals surface area contributed by atoms with E-state index in [4.69, 9.17) is 5.26 Å². The van der Waals surface area contributed by atoms with Crippen LogP contribution in [0.2, 0.25) is 0 Å². The number of non-ortho nitro benzene ring substituents is 1. The van der Waals surface area contributed by atoms with Gasteiger partial charge in [-0.2, -0.15) is 5.26 Å². The number of nitriles is 1. The lowest BCUT2D eigenvalue weighted by Crippen LogP contribution is -2.26. The van der Waals surface area contributed by atoms with Crippen molar-refractivity contribution in [3.05, 3.63) is 39.9 Å². The zero-order chi connectivity index (χ0) is 12.0. The Morgan fingerprint density at radius 3 is 2.94 bits per heavy atom. The van der Waals surface area contributed by atoms with E-state index in [2.05, 4.69) is 11.4 Å². The Kier molecular flexibility index (Phi) is 4.42. The topological polar surface area (TPSA) is 79.0 Å². The molecule has 0 bridgehead atoms. The minimum atomic E-state index is -0.415. The van der Waals surface area contributed by atoms with E-state index in [1.165, 1.54) is 6.07 Å². The smallest absolute Gasteiger partial charge is 0.269 e. The molecule has 1 unspecified atom stereocenters. The number of hydrogen-bond donors (Lipinski definition) is 1. The van der Waals surface area contributed by atoms with Gasteiger partial charge in [-0.1, -0.05) is 12.1 Å². The highest BCUT2D eigenvalue weighted by molar-refractivity contribution is 5.34. The van der Waals surface area contributed by atoms with Crippen LogP contribution >= 0.6 is 0 Å². The van der Waals surface area contributed by atoms with E-state index < -0.39 is 4.92 Å². The van der Waals surface area contributed by atoms with E-state index in [-0.39, 0.29) is 11.7 Å². The van der Waals surface area contributed by atoms with Crippen LogP contribution in [0.3, 0.4) is 0 Å². The first-order chi connectivity index (χ1) is 7.67. The lowest BCUT2D eigenvalue weighted by molar-refractivity contribution is -0.384. The molecule has 5 nitrogen and oxygen atoms in total. The van der Waals surface area contributed by atoms with Crippen molar-refractivity contribution >= 4 is 5.69 Å². The Labute approximate surface area is 93.9 Å². The van der Waals surface area contributed by atoms with Crippen LogP contribution in [0.4, 0.5) is 5.69 Å². The summed E-state index contributed by atoms with van der Waals surface area (Å²) in [6.45, 7) is 0. The maximum Gasteiger partial charge on any atom is 0.269 e. The summed E-state index contributed by atoms with van der Waals surface area (Å²) in [6, 6.07) is 8.61. The van der Waals surface area contributed by atoms with Gasteiger partial charge in [-0.05, 0) is 19.0 Å². The van der Waals surface area contributed by atoms with Gasteiger partial charge in [-0.25, -0.2) is 0 Å². The van der Waals surface area contributed by atoms with E-state index in [0.29, 0.717) is 12.8 Å². The lowest BCUT2D eigenvalue weighted by atomic mass is 10.0. The molecule has 1 atom stereocenters. The maximum absolute atomic E-state index is 10.6. The van der Waals surface area contributed by atoms with Crippen molar-refractivity contribution < 1.29 is 4.92 Å². The van der Waals surface area contributed by atoms with E-state index >= 15 is 0 Å². The van der Waals surface area contributed by atoms with Crippen molar-refractivity contribution in [3.8, 4) is 6.07 Å². The quantitative estimate of drug-likeness (QED) is 0.603. The standard InChI is InChI=1S/C11H13N3O2/c1-13-10(5-6-12)7-9-3-2-4-11(8-9)14(15)16/h2-4,8,10,13H,5,7H2,1H3. The van der Waals surface area contributed by atoms with Crippen molar-refractivity contribution in [2.45, 2.75) is 18.9 Å². The highest BCUT2D eigenvalue weighted by Crippen LogP contribution is 2.14. The molecule has 1 rings (SSSR count). The molecule has 0 saturated heterocycles. The first kappa shape index (κ1) is 12.1. The fourth-order valence-electron chi connectivity index (χ4n) is 1.47. The molecule has 1 aromatic rings. The summed E-state index contributed by atoms with van der Waals surface area (Å²) in [5.74, 6) is 0. The Bertz CT molecular complexity index is 412. The van der Waals surface area contributed by atoms with E-state index in [9.17, 15) is 10.1 Å². The van der Waals surface area contributed by atoms with Gasteiger partial charge in [0, 0.05) is 18.2 Å². The molecule has 1 aromatic carbocycles. The number of nitro groups is 1. The Morgan fingerprint density at radius 2 is 2.38 bits per heavy atom. The van der Waals surface area contributed by atoms with Crippen molar-refractivity contribution in [2.75, 3.05) is 7.05 Å². The predicted octanol–water partition coefficient (Wildman–Crippen LogP) is 1.64. The van der Waals surface area contributed by atoms with Crippen LogP contribution in [0.5, 0.6) is 0 Å². The normalized spacial score (nSPS) is 11.8. The van der Waals surface area contributed by atoms with Gasteiger partial charge in [0.05, 0.1) is 17.4 Å². The molecule has 0 aliphatic heterocycles. The Morgan fingerprint density at radius 1 is 1.62 bits per heavy atom. The largest absolute Gasteiger partial charge is 0.316 e. The monoisotopic (exact) mass is 219 g/mol. The SMILES string of the molecule is CNC(CC#N)Cc1cccc([N+](=O)[O-])c1. The third-order valence-corrected chi connectivity index (χ3v) is 2.35. The highest BCUT2D eigenvalue weighted by atomic mass is 16.6. The highest BCUT2D eigenvalue weighted by Gasteiger charge is 2.10. The molecule has 0 aliphatic carbocycles. The second-order valence-corrected chi connectivity index (χ2v) is 3.48. The molecule has 0 fully saturated rings. The second-order valence-electron chi connectivity index (χ2n) is 3.48. The molecule has 16 heavy (non-hydrogen) atoms. The first-order valence-electron chi connectivity index (χ1n) is 4.95. The zero-order valence-corrected chi connectivity index (χ0v) is 9.01. The minimum absolute atomic E-state index is 0.0343. The van der Waals surface area contributed by atoms with Gasteiger partial charge in [-0.15, -0.1) is 0 Å². The summed E-state index contributed by atoms with van der Waals surface area (Å²) in [5, 5.41) is 22.2. The van der Waals surface area contributed by atoms with Gasteiger partial charge < -0.3 is 5.32 Å². The van der Waals surface area contributed by atoms with Crippen molar-refractivity contribution in [3.63, 3.8) is 0 Å². The fourth-order valence-corrected chi connectivity index (χ4v) is 1.47. The van der Waals surface area contributed by atoms with Gasteiger partial charge in [0.1, 0.15) is 0 Å². The lowest BCUT2D eigenvalue weighted by Gasteiger charge is -2.11. The van der Waals surface area contributed by atoms with Gasteiger partial charge in [0.15, 0.2) is 0 Å². The summed E-state index contributed by atoms with van der Waals surface area (Å²) >= 11 is 0. The Balaban J connectivity index is 2.77. The van der Waals surface area contributed by atoms with E-state index in [1.54, 1.807) is 19.2 Å². The molecule has 1 N–H and O–H groups in total. The third-order valence-electron chi connectivity index (χ3n) is 2.35. The summed E-state index contributed by atoms with van der Waals surface area (Å²) in [4.78, 5) is 10.2. The van der Waals surface area contributed by atoms with Crippen LogP contribution in [-0.2, 0) is 6.42 Å². The maximum atomic E-state index is 10.6. The average Bonchev–Trinajstić information content (AvgIpc) is 2.29. The molecule has 0 amide bonds. The van der Waals surface area contributed by atoms with Crippen LogP contribution in [0.25, 0.3) is 0 Å². The summed E-state index contributed by atoms with van der Waals surface area (Å²) in [7, 11) is 1.78. The minimum Gasteiger partial charge on any atom is -0.316 e. The van der Waals surface area contributed by atoms with Gasteiger partial charge in [-0.3, -0.25) is 10.1 Å². The number of benzene rings is 1. The number of likely N-dealkylation sites (N-methyl/N-ethyl adjacent to an activating group) is 1. The molecule has 0 spiro atoms. The van der Waals surface area contributed by atoms with E-state index in [1.807, 2.05) is 6.07 Å². The third kappa shape index (κ3) is 3.33. The van der Waals surface area contributed by atoms with Crippen LogP contribution in [0.1, 0.15) is 12.0 Å². The molecule has 84 valence electrons. The molecule has 0 saturated carbocycles. The Hall–Kier alpha value is -1.93. The van der Waals surface area contributed by atoms with Crippen LogP contribution in [-0.4, -0.2) is 18.0 Å². The van der Waals surface area contributed by atoms with Crippen molar-refractivity contribution in [1.29, 1.82) is 5.26 Å². The van der Waals surface area contributed by atoms with Gasteiger partial charge >= 0.3 is 0 Å². The summed E-state index contributed by atoms with van der Waals surface area (Å²) in [5.41, 5.74) is 0.952. The molecule has 0 heterocycles. The molecular formula is C11H13N3O2. The van der Waals surface area contributed by atoms with E-state index in [0.717, 1.165) is 5.56 Å². The van der Waals surface area contributed by atoms with Gasteiger partial charge in [0.2, 0.25) is 0 Å². The predicted molar refractivity (Wildman–Crippen MR) is 59.9 cm³/mol. The van der Waals surface area contributed by atoms with Crippen LogP contribution in [0.15, 0.2) is 24.3 Å². The molecule has 0 radical (unpaired) electrons. The molecule has 5 heteroatoms. The number of nitrogens with zero attached hydrogens (tertiary/aromatic N) is 2. The fraction of sp³-hybridized carbons (Fsp3) is 0.364. The second kappa shape index (κ2) is 5.83. The molecule has 0 aromatic heterocycles. The summed E-state index contributed by atoms with van der Waals surface area (Å²) < 4.78 is 0. The van der Waals surface area contributed by atoms with Crippen LogP contribution in [0, 0.1) is 21.4 Å². The zero-order valence-electron chi connectivity index (χ0n) is 9.01. The summed E-state index contributed by atoms with van der Waals surface area (Å²) in [6.07, 6.45) is 1.00. The van der Waals surface area contributed by atoms with Crippen LogP contribution < -0.4 is 5.32 Å². The molecule has 0 aliphatic rings. The number of rotatable bonds is 5. The average molecular weight is 219 g/mol.